The first-order valence-corrected chi connectivity index (χ1v) is 7.81. The van der Waals surface area contributed by atoms with Crippen LogP contribution in [0.25, 0.3) is 0 Å². The van der Waals surface area contributed by atoms with Crippen LogP contribution in [-0.2, 0) is 14.4 Å². The average molecular weight is 307 g/mol. The molecule has 1 aliphatic rings. The fourth-order valence-electron chi connectivity index (χ4n) is 2.72. The Morgan fingerprint density at radius 2 is 1.91 bits per heavy atom. The fourth-order valence-corrected chi connectivity index (χ4v) is 2.72. The molecule has 6 heteroatoms. The van der Waals surface area contributed by atoms with Crippen LogP contribution in [0.2, 0.25) is 0 Å². The topological polar surface area (TPSA) is 101 Å². The number of hydrogen-bond donors (Lipinski definition) is 3. The van der Waals surface area contributed by atoms with E-state index in [0.717, 1.165) is 6.42 Å². The lowest BCUT2D eigenvalue weighted by Gasteiger charge is -2.18. The van der Waals surface area contributed by atoms with Gasteiger partial charge >= 0.3 is 0 Å². The van der Waals surface area contributed by atoms with Crippen molar-refractivity contribution in [1.29, 1.82) is 0 Å². The molecule has 1 aliphatic carbocycles. The average Bonchev–Trinajstić information content (AvgIpc) is 3.00. The van der Waals surface area contributed by atoms with Gasteiger partial charge in [-0.05, 0) is 18.8 Å². The maximum absolute atomic E-state index is 12.0. The molecule has 3 amide bonds. The highest BCUT2D eigenvalue weighted by molar-refractivity contribution is 5.88. The summed E-state index contributed by atoms with van der Waals surface area (Å²) in [6.07, 6.45) is 11.4. The van der Waals surface area contributed by atoms with E-state index in [4.69, 9.17) is 12.2 Å². The lowest BCUT2D eigenvalue weighted by molar-refractivity contribution is -0.129. The second kappa shape index (κ2) is 9.82. The zero-order chi connectivity index (χ0) is 16.4. The molecule has 1 atom stereocenters. The van der Waals surface area contributed by atoms with Crippen molar-refractivity contribution in [2.24, 2.45) is 11.7 Å². The highest BCUT2D eigenvalue weighted by Crippen LogP contribution is 2.28. The molecule has 0 bridgehead atoms. The Kier molecular flexibility index (Phi) is 8.05. The molecule has 0 heterocycles. The Morgan fingerprint density at radius 1 is 1.23 bits per heavy atom. The van der Waals surface area contributed by atoms with Gasteiger partial charge in [-0.3, -0.25) is 14.4 Å². The van der Waals surface area contributed by atoms with Gasteiger partial charge in [-0.15, -0.1) is 6.42 Å². The molecule has 0 aromatic rings. The third kappa shape index (κ3) is 7.11. The van der Waals surface area contributed by atoms with Crippen molar-refractivity contribution in [3.63, 3.8) is 0 Å². The van der Waals surface area contributed by atoms with E-state index in [9.17, 15) is 14.4 Å². The first kappa shape index (κ1) is 18.0. The Hall–Kier alpha value is -2.03. The van der Waals surface area contributed by atoms with Gasteiger partial charge in [-0.25, -0.2) is 0 Å². The van der Waals surface area contributed by atoms with E-state index < -0.39 is 11.9 Å². The number of terminal acetylenes is 1. The highest BCUT2D eigenvalue weighted by atomic mass is 16.2. The predicted octanol–water partition coefficient (Wildman–Crippen LogP) is 0.456. The van der Waals surface area contributed by atoms with E-state index in [-0.39, 0.29) is 31.2 Å². The Balaban J connectivity index is 2.42. The lowest BCUT2D eigenvalue weighted by atomic mass is 10.0. The first-order chi connectivity index (χ1) is 10.5. The van der Waals surface area contributed by atoms with Gasteiger partial charge in [-0.2, -0.15) is 0 Å². The van der Waals surface area contributed by atoms with E-state index in [0.29, 0.717) is 12.3 Å². The Bertz CT molecular complexity index is 436. The van der Waals surface area contributed by atoms with Gasteiger partial charge in [0.05, 0.1) is 6.54 Å². The minimum Gasteiger partial charge on any atom is -0.370 e. The molecule has 0 radical (unpaired) electrons. The maximum atomic E-state index is 12.0. The number of hydrogen-bond acceptors (Lipinski definition) is 3. The van der Waals surface area contributed by atoms with Gasteiger partial charge in [0.1, 0.15) is 6.04 Å². The molecule has 6 nitrogen and oxygen atoms in total. The fraction of sp³-hybridized carbons (Fsp3) is 0.688. The largest absolute Gasteiger partial charge is 0.370 e. The minimum absolute atomic E-state index is 0.0387. The SMILES string of the molecule is C#CCNC(=O)C(CCC(N)=O)NC(=O)CCC1CCCC1. The molecule has 1 unspecified atom stereocenters. The number of carbonyl (C=O) groups excluding carboxylic acids is 3. The third-order valence-electron chi connectivity index (χ3n) is 3.95. The summed E-state index contributed by atoms with van der Waals surface area (Å²) in [6.45, 7) is 0.0872. The molecule has 22 heavy (non-hydrogen) atoms. The number of amides is 3. The van der Waals surface area contributed by atoms with Crippen LogP contribution in [0.3, 0.4) is 0 Å². The quantitative estimate of drug-likeness (QED) is 0.539. The standard InChI is InChI=1S/C16H25N3O3/c1-2-11-18-16(22)13(8-9-14(17)20)19-15(21)10-7-12-5-3-4-6-12/h1,12-13H,3-11H2,(H2,17,20)(H,18,22)(H,19,21). The summed E-state index contributed by atoms with van der Waals surface area (Å²) in [5.74, 6) is 1.86. The van der Waals surface area contributed by atoms with Gasteiger partial charge < -0.3 is 16.4 Å². The minimum atomic E-state index is -0.767. The molecule has 1 fully saturated rings. The number of rotatable bonds is 9. The Labute approximate surface area is 131 Å². The smallest absolute Gasteiger partial charge is 0.243 e. The molecule has 1 saturated carbocycles. The van der Waals surface area contributed by atoms with Crippen LogP contribution in [-0.4, -0.2) is 30.3 Å². The summed E-state index contributed by atoms with van der Waals surface area (Å²) in [7, 11) is 0. The van der Waals surface area contributed by atoms with Crippen molar-refractivity contribution in [2.75, 3.05) is 6.54 Å². The van der Waals surface area contributed by atoms with Gasteiger partial charge in [0.25, 0.3) is 0 Å². The van der Waals surface area contributed by atoms with Crippen molar-refractivity contribution in [3.8, 4) is 12.3 Å². The normalized spacial score (nSPS) is 15.8. The summed E-state index contributed by atoms with van der Waals surface area (Å²) in [5.41, 5.74) is 5.10. The van der Waals surface area contributed by atoms with Crippen LogP contribution in [0.5, 0.6) is 0 Å². The number of nitrogens with two attached hydrogens (primary N) is 1. The van der Waals surface area contributed by atoms with Crippen LogP contribution < -0.4 is 16.4 Å². The van der Waals surface area contributed by atoms with Crippen LogP contribution in [0.1, 0.15) is 51.4 Å². The molecule has 4 N–H and O–H groups in total. The van der Waals surface area contributed by atoms with Crippen LogP contribution in [0, 0.1) is 18.3 Å². The molecular weight excluding hydrogens is 282 g/mol. The molecular formula is C16H25N3O3. The molecule has 0 aromatic carbocycles. The number of nitrogens with one attached hydrogen (secondary N) is 2. The van der Waals surface area contributed by atoms with Gasteiger partial charge in [-0.1, -0.05) is 31.6 Å². The maximum Gasteiger partial charge on any atom is 0.243 e. The number of carbonyl (C=O) groups is 3. The van der Waals surface area contributed by atoms with E-state index in [1.165, 1.54) is 25.7 Å². The van der Waals surface area contributed by atoms with Crippen molar-refractivity contribution >= 4 is 17.7 Å². The zero-order valence-electron chi connectivity index (χ0n) is 12.9. The molecule has 0 spiro atoms. The first-order valence-electron chi connectivity index (χ1n) is 7.81. The summed E-state index contributed by atoms with van der Waals surface area (Å²) in [6, 6.07) is -0.767. The number of primary amides is 1. The van der Waals surface area contributed by atoms with Crippen molar-refractivity contribution < 1.29 is 14.4 Å². The summed E-state index contributed by atoms with van der Waals surface area (Å²) in [5, 5.41) is 5.19. The third-order valence-corrected chi connectivity index (χ3v) is 3.95. The Morgan fingerprint density at radius 3 is 2.50 bits per heavy atom. The molecule has 0 aromatic heterocycles. The van der Waals surface area contributed by atoms with Crippen molar-refractivity contribution in [1.82, 2.24) is 10.6 Å². The highest BCUT2D eigenvalue weighted by Gasteiger charge is 2.22. The second-order valence-electron chi connectivity index (χ2n) is 5.74. The monoisotopic (exact) mass is 307 g/mol. The molecule has 0 aliphatic heterocycles. The van der Waals surface area contributed by atoms with Crippen molar-refractivity contribution in [2.45, 2.75) is 57.4 Å². The molecule has 1 rings (SSSR count). The van der Waals surface area contributed by atoms with E-state index >= 15 is 0 Å². The van der Waals surface area contributed by atoms with Gasteiger partial charge in [0.15, 0.2) is 0 Å². The van der Waals surface area contributed by atoms with E-state index in [2.05, 4.69) is 16.6 Å². The zero-order valence-corrected chi connectivity index (χ0v) is 12.9. The summed E-state index contributed by atoms with van der Waals surface area (Å²) >= 11 is 0. The van der Waals surface area contributed by atoms with Gasteiger partial charge in [0, 0.05) is 12.8 Å². The summed E-state index contributed by atoms with van der Waals surface area (Å²) in [4.78, 5) is 34.8. The van der Waals surface area contributed by atoms with E-state index in [1.807, 2.05) is 0 Å². The van der Waals surface area contributed by atoms with Crippen LogP contribution in [0.4, 0.5) is 0 Å². The lowest BCUT2D eigenvalue weighted by Crippen LogP contribution is -2.47. The summed E-state index contributed by atoms with van der Waals surface area (Å²) < 4.78 is 0. The second-order valence-corrected chi connectivity index (χ2v) is 5.74. The van der Waals surface area contributed by atoms with E-state index in [1.54, 1.807) is 0 Å². The molecule has 0 saturated heterocycles. The van der Waals surface area contributed by atoms with Crippen molar-refractivity contribution in [3.05, 3.63) is 0 Å². The van der Waals surface area contributed by atoms with Crippen LogP contribution in [0.15, 0.2) is 0 Å². The molecule has 122 valence electrons. The predicted molar refractivity (Wildman–Crippen MR) is 83.4 cm³/mol. The van der Waals surface area contributed by atoms with Gasteiger partial charge in [0.2, 0.25) is 17.7 Å². The van der Waals surface area contributed by atoms with Crippen LogP contribution >= 0.6 is 0 Å².